The molecule has 0 aromatic carbocycles. The van der Waals surface area contributed by atoms with E-state index in [4.69, 9.17) is 16.3 Å². The van der Waals surface area contributed by atoms with E-state index in [1.165, 1.54) is 11.3 Å². The standard InChI is InChI=1S/C14H24ClN3O2S/c1-5-7-18(13(19)20-14(2,3)4)8-6-16-10-12-17-9-11(15)21-12/h9,16H,5-8,10H2,1-4H3. The number of hydrogen-bond donors (Lipinski definition) is 1. The van der Waals surface area contributed by atoms with Crippen LogP contribution in [0, 0.1) is 0 Å². The Morgan fingerprint density at radius 1 is 1.48 bits per heavy atom. The molecule has 5 nitrogen and oxygen atoms in total. The average Bonchev–Trinajstić information content (AvgIpc) is 2.77. The fraction of sp³-hybridized carbons (Fsp3) is 0.714. The van der Waals surface area contributed by atoms with Crippen molar-refractivity contribution < 1.29 is 9.53 Å². The summed E-state index contributed by atoms with van der Waals surface area (Å²) in [6.07, 6.45) is 2.29. The van der Waals surface area contributed by atoms with Crippen molar-refractivity contribution in [3.05, 3.63) is 15.5 Å². The van der Waals surface area contributed by atoms with Crippen LogP contribution in [0.3, 0.4) is 0 Å². The maximum Gasteiger partial charge on any atom is 0.410 e. The van der Waals surface area contributed by atoms with Crippen LogP contribution in [0.25, 0.3) is 0 Å². The van der Waals surface area contributed by atoms with Gasteiger partial charge in [-0.25, -0.2) is 9.78 Å². The molecule has 0 aliphatic rings. The van der Waals surface area contributed by atoms with E-state index in [0.717, 1.165) is 11.4 Å². The number of halogens is 1. The van der Waals surface area contributed by atoms with Gasteiger partial charge in [0.2, 0.25) is 0 Å². The van der Waals surface area contributed by atoms with Crippen molar-refractivity contribution in [1.29, 1.82) is 0 Å². The monoisotopic (exact) mass is 333 g/mol. The van der Waals surface area contributed by atoms with Gasteiger partial charge in [0.15, 0.2) is 0 Å². The average molecular weight is 334 g/mol. The van der Waals surface area contributed by atoms with Crippen LogP contribution >= 0.6 is 22.9 Å². The lowest BCUT2D eigenvalue weighted by atomic mass is 10.2. The van der Waals surface area contributed by atoms with E-state index in [-0.39, 0.29) is 6.09 Å². The molecular weight excluding hydrogens is 310 g/mol. The molecule has 1 aromatic heterocycles. The maximum atomic E-state index is 12.1. The van der Waals surface area contributed by atoms with Gasteiger partial charge in [-0.2, -0.15) is 0 Å². The first kappa shape index (κ1) is 18.2. The Morgan fingerprint density at radius 2 is 2.19 bits per heavy atom. The molecule has 1 heterocycles. The van der Waals surface area contributed by atoms with Gasteiger partial charge in [0.25, 0.3) is 0 Å². The van der Waals surface area contributed by atoms with Gasteiger partial charge in [-0.15, -0.1) is 11.3 Å². The first-order valence-electron chi connectivity index (χ1n) is 7.10. The molecule has 1 amide bonds. The SMILES string of the molecule is CCCN(CCNCc1ncc(Cl)s1)C(=O)OC(C)(C)C. The topological polar surface area (TPSA) is 54.5 Å². The van der Waals surface area contributed by atoms with E-state index in [2.05, 4.69) is 10.3 Å². The third-order valence-electron chi connectivity index (χ3n) is 2.51. The fourth-order valence-electron chi connectivity index (χ4n) is 1.67. The van der Waals surface area contributed by atoms with Gasteiger partial charge in [-0.3, -0.25) is 0 Å². The highest BCUT2D eigenvalue weighted by atomic mass is 35.5. The minimum absolute atomic E-state index is 0.261. The molecule has 0 saturated carbocycles. The zero-order valence-corrected chi connectivity index (χ0v) is 14.7. The molecule has 1 N–H and O–H groups in total. The predicted molar refractivity (Wildman–Crippen MR) is 86.9 cm³/mol. The number of rotatable bonds is 7. The van der Waals surface area contributed by atoms with Crippen LogP contribution in [0.5, 0.6) is 0 Å². The first-order chi connectivity index (χ1) is 9.81. The van der Waals surface area contributed by atoms with E-state index in [0.29, 0.717) is 30.5 Å². The number of hydrogen-bond acceptors (Lipinski definition) is 5. The Balaban J connectivity index is 2.35. The van der Waals surface area contributed by atoms with Gasteiger partial charge < -0.3 is 15.0 Å². The van der Waals surface area contributed by atoms with Crippen molar-refractivity contribution in [1.82, 2.24) is 15.2 Å². The highest BCUT2D eigenvalue weighted by Gasteiger charge is 2.21. The molecule has 120 valence electrons. The molecule has 1 rings (SSSR count). The molecule has 0 saturated heterocycles. The maximum absolute atomic E-state index is 12.1. The smallest absolute Gasteiger partial charge is 0.410 e. The van der Waals surface area contributed by atoms with Gasteiger partial charge >= 0.3 is 6.09 Å². The normalized spacial score (nSPS) is 11.5. The molecule has 0 spiro atoms. The first-order valence-corrected chi connectivity index (χ1v) is 8.30. The minimum atomic E-state index is -0.464. The van der Waals surface area contributed by atoms with E-state index >= 15 is 0 Å². The number of carbonyl (C=O) groups is 1. The lowest BCUT2D eigenvalue weighted by Crippen LogP contribution is -2.40. The molecule has 0 aliphatic heterocycles. The van der Waals surface area contributed by atoms with Crippen LogP contribution in [0.2, 0.25) is 4.34 Å². The number of nitrogens with one attached hydrogen (secondary N) is 1. The Bertz CT molecular complexity index is 446. The molecule has 7 heteroatoms. The van der Waals surface area contributed by atoms with E-state index < -0.39 is 5.60 Å². The molecule has 0 bridgehead atoms. The summed E-state index contributed by atoms with van der Waals surface area (Å²) in [6.45, 7) is 10.3. The molecule has 1 aromatic rings. The van der Waals surface area contributed by atoms with Gasteiger partial charge in [0.05, 0.1) is 6.20 Å². The molecule has 0 radical (unpaired) electrons. The van der Waals surface area contributed by atoms with Crippen molar-refractivity contribution in [2.45, 2.75) is 46.3 Å². The largest absolute Gasteiger partial charge is 0.444 e. The number of thiazole rings is 1. The zero-order chi connectivity index (χ0) is 15.9. The van der Waals surface area contributed by atoms with E-state index in [9.17, 15) is 4.79 Å². The zero-order valence-electron chi connectivity index (χ0n) is 13.1. The van der Waals surface area contributed by atoms with Crippen molar-refractivity contribution >= 4 is 29.0 Å². The fourth-order valence-corrected chi connectivity index (χ4v) is 2.60. The molecule has 21 heavy (non-hydrogen) atoms. The van der Waals surface area contributed by atoms with Gasteiger partial charge in [-0.05, 0) is 27.2 Å². The lowest BCUT2D eigenvalue weighted by Gasteiger charge is -2.27. The molecule has 0 fully saturated rings. The summed E-state index contributed by atoms with van der Waals surface area (Å²) in [5.41, 5.74) is -0.464. The molecule has 0 atom stereocenters. The Hall–Kier alpha value is -0.850. The van der Waals surface area contributed by atoms with Crippen LogP contribution in [0.15, 0.2) is 6.20 Å². The second kappa shape index (κ2) is 8.56. The van der Waals surface area contributed by atoms with Crippen molar-refractivity contribution in [2.24, 2.45) is 0 Å². The molecule has 0 aliphatic carbocycles. The minimum Gasteiger partial charge on any atom is -0.444 e. The summed E-state index contributed by atoms with van der Waals surface area (Å²) in [6, 6.07) is 0. The second-order valence-corrected chi connectivity index (χ2v) is 7.45. The predicted octanol–water partition coefficient (Wildman–Crippen LogP) is 3.53. The van der Waals surface area contributed by atoms with Crippen LogP contribution in [-0.4, -0.2) is 41.2 Å². The summed E-state index contributed by atoms with van der Waals surface area (Å²) in [5, 5.41) is 4.21. The van der Waals surface area contributed by atoms with Gasteiger partial charge in [-0.1, -0.05) is 18.5 Å². The van der Waals surface area contributed by atoms with Crippen LogP contribution in [-0.2, 0) is 11.3 Å². The van der Waals surface area contributed by atoms with E-state index in [1.54, 1.807) is 11.1 Å². The molecular formula is C14H24ClN3O2S. The quantitative estimate of drug-likeness (QED) is 0.775. The summed E-state index contributed by atoms with van der Waals surface area (Å²) in [4.78, 5) is 18.0. The summed E-state index contributed by atoms with van der Waals surface area (Å²) < 4.78 is 6.09. The number of carbonyl (C=O) groups excluding carboxylic acids is 1. The molecule has 0 unspecified atom stereocenters. The van der Waals surface area contributed by atoms with Crippen LogP contribution in [0.4, 0.5) is 4.79 Å². The highest BCUT2D eigenvalue weighted by molar-refractivity contribution is 7.15. The summed E-state index contributed by atoms with van der Waals surface area (Å²) in [7, 11) is 0. The van der Waals surface area contributed by atoms with Crippen molar-refractivity contribution in [3.63, 3.8) is 0 Å². The number of aromatic nitrogens is 1. The van der Waals surface area contributed by atoms with Crippen LogP contribution in [0.1, 0.15) is 39.1 Å². The van der Waals surface area contributed by atoms with Crippen LogP contribution < -0.4 is 5.32 Å². The Morgan fingerprint density at radius 3 is 2.71 bits per heavy atom. The second-order valence-electron chi connectivity index (χ2n) is 5.70. The third-order valence-corrected chi connectivity index (χ3v) is 3.62. The number of nitrogens with zero attached hydrogens (tertiary/aromatic N) is 2. The van der Waals surface area contributed by atoms with Gasteiger partial charge in [0.1, 0.15) is 14.9 Å². The van der Waals surface area contributed by atoms with E-state index in [1.807, 2.05) is 27.7 Å². The lowest BCUT2D eigenvalue weighted by molar-refractivity contribution is 0.0252. The van der Waals surface area contributed by atoms with Gasteiger partial charge in [0, 0.05) is 26.2 Å². The third kappa shape index (κ3) is 7.64. The number of amides is 1. The Labute approximate surface area is 135 Å². The summed E-state index contributed by atoms with van der Waals surface area (Å²) in [5.74, 6) is 0. The highest BCUT2D eigenvalue weighted by Crippen LogP contribution is 2.17. The van der Waals surface area contributed by atoms with Crippen molar-refractivity contribution in [2.75, 3.05) is 19.6 Å². The van der Waals surface area contributed by atoms with Crippen molar-refractivity contribution in [3.8, 4) is 0 Å². The summed E-state index contributed by atoms with van der Waals surface area (Å²) >= 11 is 7.28. The number of ether oxygens (including phenoxy) is 1. The Kier molecular flexibility index (Phi) is 7.42.